The molecule has 2 N–H and O–H groups in total. The Morgan fingerprint density at radius 3 is 2.76 bits per heavy atom. The highest BCUT2D eigenvalue weighted by atomic mass is 16.5. The van der Waals surface area contributed by atoms with Gasteiger partial charge in [-0.05, 0) is 18.8 Å². The van der Waals surface area contributed by atoms with Gasteiger partial charge in [-0.25, -0.2) is 0 Å². The van der Waals surface area contributed by atoms with Gasteiger partial charge in [0, 0.05) is 12.6 Å². The molecule has 0 heterocycles. The monoisotopic (exact) mass is 243 g/mol. The second kappa shape index (κ2) is 8.06. The molecule has 0 radical (unpaired) electrons. The van der Waals surface area contributed by atoms with Gasteiger partial charge in [-0.1, -0.05) is 40.0 Å². The molecule has 1 aliphatic carbocycles. The molecule has 102 valence electrons. The number of aliphatic hydroxyl groups excluding tert-OH is 1. The highest BCUT2D eigenvalue weighted by molar-refractivity contribution is 4.73. The first-order valence-electron chi connectivity index (χ1n) is 7.14. The maximum atomic E-state index is 9.76. The predicted molar refractivity (Wildman–Crippen MR) is 71.1 cm³/mol. The molecule has 0 saturated heterocycles. The van der Waals surface area contributed by atoms with Gasteiger partial charge in [0.1, 0.15) is 0 Å². The van der Waals surface area contributed by atoms with Crippen molar-refractivity contribution >= 4 is 0 Å². The topological polar surface area (TPSA) is 41.5 Å². The molecule has 3 unspecified atom stereocenters. The summed E-state index contributed by atoms with van der Waals surface area (Å²) in [6.45, 7) is 7.53. The van der Waals surface area contributed by atoms with Crippen molar-refractivity contribution in [3.63, 3.8) is 0 Å². The number of ether oxygens (including phenoxy) is 1. The van der Waals surface area contributed by atoms with E-state index in [0.717, 1.165) is 5.92 Å². The number of rotatable bonds is 7. The Bertz CT molecular complexity index is 197. The molecule has 0 aromatic carbocycles. The first kappa shape index (κ1) is 14.9. The van der Waals surface area contributed by atoms with Crippen LogP contribution in [0.5, 0.6) is 0 Å². The Labute approximate surface area is 106 Å². The first-order valence-corrected chi connectivity index (χ1v) is 7.14. The lowest BCUT2D eigenvalue weighted by Gasteiger charge is -2.29. The summed E-state index contributed by atoms with van der Waals surface area (Å²) in [5.41, 5.74) is 0. The summed E-state index contributed by atoms with van der Waals surface area (Å²) in [6.07, 6.45) is 6.25. The summed E-state index contributed by atoms with van der Waals surface area (Å²) in [5, 5.41) is 13.0. The summed E-state index contributed by atoms with van der Waals surface area (Å²) in [6, 6.07) is 0.420. The molecule has 3 heteroatoms. The van der Waals surface area contributed by atoms with Crippen LogP contribution < -0.4 is 5.32 Å². The van der Waals surface area contributed by atoms with Crippen molar-refractivity contribution in [2.24, 2.45) is 5.92 Å². The molecule has 0 aromatic rings. The zero-order valence-corrected chi connectivity index (χ0v) is 11.6. The fourth-order valence-electron chi connectivity index (χ4n) is 2.44. The number of nitrogens with one attached hydrogen (secondary N) is 1. The zero-order valence-electron chi connectivity index (χ0n) is 11.6. The maximum absolute atomic E-state index is 9.76. The zero-order chi connectivity index (χ0) is 12.7. The molecule has 0 bridgehead atoms. The quantitative estimate of drug-likeness (QED) is 0.721. The van der Waals surface area contributed by atoms with E-state index in [1.54, 1.807) is 0 Å². The van der Waals surface area contributed by atoms with Gasteiger partial charge in [-0.3, -0.25) is 0 Å². The van der Waals surface area contributed by atoms with E-state index in [-0.39, 0.29) is 6.10 Å². The molecule has 3 atom stereocenters. The number of aliphatic hydroxyl groups is 1. The fourth-order valence-corrected chi connectivity index (χ4v) is 2.44. The van der Waals surface area contributed by atoms with Gasteiger partial charge in [0.2, 0.25) is 0 Å². The van der Waals surface area contributed by atoms with Crippen LogP contribution in [0.2, 0.25) is 0 Å². The van der Waals surface area contributed by atoms with E-state index in [2.05, 4.69) is 26.1 Å². The van der Waals surface area contributed by atoms with Crippen molar-refractivity contribution in [1.82, 2.24) is 5.32 Å². The van der Waals surface area contributed by atoms with E-state index in [1.165, 1.54) is 32.1 Å². The minimum absolute atomic E-state index is 0.376. The van der Waals surface area contributed by atoms with Crippen molar-refractivity contribution in [2.75, 3.05) is 13.2 Å². The Morgan fingerprint density at radius 2 is 2.12 bits per heavy atom. The average molecular weight is 243 g/mol. The third-order valence-corrected chi connectivity index (χ3v) is 3.60. The summed E-state index contributed by atoms with van der Waals surface area (Å²) < 4.78 is 5.82. The van der Waals surface area contributed by atoms with Crippen molar-refractivity contribution in [1.29, 1.82) is 0 Å². The molecule has 1 rings (SSSR count). The van der Waals surface area contributed by atoms with Gasteiger partial charge in [0.15, 0.2) is 0 Å². The van der Waals surface area contributed by atoms with Crippen LogP contribution in [-0.2, 0) is 4.74 Å². The lowest BCUT2D eigenvalue weighted by molar-refractivity contribution is -0.0327. The molecule has 1 fully saturated rings. The van der Waals surface area contributed by atoms with Crippen LogP contribution in [0.3, 0.4) is 0 Å². The van der Waals surface area contributed by atoms with Crippen LogP contribution in [0.1, 0.15) is 52.9 Å². The SMILES string of the molecule is CCC1CCCC(OCC(O)CNC(C)C)C1. The van der Waals surface area contributed by atoms with E-state index in [0.29, 0.717) is 25.3 Å². The van der Waals surface area contributed by atoms with Crippen LogP contribution in [-0.4, -0.2) is 36.5 Å². The van der Waals surface area contributed by atoms with Crippen LogP contribution in [0.4, 0.5) is 0 Å². The van der Waals surface area contributed by atoms with Gasteiger partial charge in [0.05, 0.1) is 18.8 Å². The largest absolute Gasteiger partial charge is 0.389 e. The van der Waals surface area contributed by atoms with Gasteiger partial charge < -0.3 is 15.2 Å². The van der Waals surface area contributed by atoms with E-state index >= 15 is 0 Å². The van der Waals surface area contributed by atoms with Crippen LogP contribution in [0.25, 0.3) is 0 Å². The van der Waals surface area contributed by atoms with E-state index in [1.807, 2.05) is 0 Å². The van der Waals surface area contributed by atoms with Gasteiger partial charge in [-0.2, -0.15) is 0 Å². The summed E-state index contributed by atoms with van der Waals surface area (Å²) >= 11 is 0. The molecule has 0 amide bonds. The number of hydrogen-bond donors (Lipinski definition) is 2. The summed E-state index contributed by atoms with van der Waals surface area (Å²) in [4.78, 5) is 0. The standard InChI is InChI=1S/C14H29NO2/c1-4-12-6-5-7-14(8-12)17-10-13(16)9-15-11(2)3/h11-16H,4-10H2,1-3H3. The summed E-state index contributed by atoms with van der Waals surface area (Å²) in [7, 11) is 0. The molecule has 3 nitrogen and oxygen atoms in total. The smallest absolute Gasteiger partial charge is 0.0897 e. The Kier molecular flexibility index (Phi) is 7.09. The molecule has 0 aromatic heterocycles. The lowest BCUT2D eigenvalue weighted by atomic mass is 9.85. The van der Waals surface area contributed by atoms with E-state index in [9.17, 15) is 5.11 Å². The van der Waals surface area contributed by atoms with Crippen LogP contribution in [0, 0.1) is 5.92 Å². The second-order valence-electron chi connectivity index (χ2n) is 5.61. The summed E-state index contributed by atoms with van der Waals surface area (Å²) in [5.74, 6) is 0.833. The molecule has 17 heavy (non-hydrogen) atoms. The normalized spacial score (nSPS) is 27.4. The Morgan fingerprint density at radius 1 is 1.35 bits per heavy atom. The third-order valence-electron chi connectivity index (χ3n) is 3.60. The second-order valence-corrected chi connectivity index (χ2v) is 5.61. The van der Waals surface area contributed by atoms with Crippen molar-refractivity contribution in [3.8, 4) is 0 Å². The maximum Gasteiger partial charge on any atom is 0.0897 e. The molecular formula is C14H29NO2. The van der Waals surface area contributed by atoms with Gasteiger partial charge in [0.25, 0.3) is 0 Å². The van der Waals surface area contributed by atoms with Gasteiger partial charge >= 0.3 is 0 Å². The Balaban J connectivity index is 2.12. The van der Waals surface area contributed by atoms with Crippen molar-refractivity contribution in [2.45, 2.75) is 71.1 Å². The molecule has 1 saturated carbocycles. The molecular weight excluding hydrogens is 214 g/mol. The average Bonchev–Trinajstić information content (AvgIpc) is 2.34. The van der Waals surface area contributed by atoms with E-state index in [4.69, 9.17) is 4.74 Å². The minimum Gasteiger partial charge on any atom is -0.389 e. The lowest BCUT2D eigenvalue weighted by Crippen LogP contribution is -2.36. The molecule has 0 aliphatic heterocycles. The highest BCUT2D eigenvalue weighted by Gasteiger charge is 2.21. The van der Waals surface area contributed by atoms with Crippen LogP contribution in [0.15, 0.2) is 0 Å². The first-order chi connectivity index (χ1) is 8.11. The van der Waals surface area contributed by atoms with Crippen molar-refractivity contribution < 1.29 is 9.84 Å². The third kappa shape index (κ3) is 6.39. The number of hydrogen-bond acceptors (Lipinski definition) is 3. The highest BCUT2D eigenvalue weighted by Crippen LogP contribution is 2.28. The Hall–Kier alpha value is -0.120. The van der Waals surface area contributed by atoms with E-state index < -0.39 is 0 Å². The minimum atomic E-state index is -0.376. The fraction of sp³-hybridized carbons (Fsp3) is 1.00. The molecule has 0 spiro atoms. The van der Waals surface area contributed by atoms with Crippen LogP contribution >= 0.6 is 0 Å². The predicted octanol–water partition coefficient (Wildman–Crippen LogP) is 2.33. The van der Waals surface area contributed by atoms with Crippen molar-refractivity contribution in [3.05, 3.63) is 0 Å². The molecule has 1 aliphatic rings. The van der Waals surface area contributed by atoms with Gasteiger partial charge in [-0.15, -0.1) is 0 Å².